The molecule has 0 amide bonds. The van der Waals surface area contributed by atoms with Gasteiger partial charge in [-0.05, 0) is 0 Å². The second-order valence-electron chi connectivity index (χ2n) is 0.816. The minimum Gasteiger partial charge on any atom is -0.759 e. The lowest BCUT2D eigenvalue weighted by Crippen LogP contribution is -1.91. The quantitative estimate of drug-likeness (QED) is 0.334. The molecular weight excluding hydrogens is 256 g/mol. The molecule has 0 aliphatic rings. The Bertz CT molecular complexity index is 207. The van der Waals surface area contributed by atoms with E-state index in [2.05, 4.69) is 0 Å². The molecule has 0 saturated carbocycles. The van der Waals surface area contributed by atoms with E-state index in [1.165, 1.54) is 0 Å². The summed E-state index contributed by atoms with van der Waals surface area (Å²) in [4.78, 5) is 0. The molecule has 12 heteroatoms. The van der Waals surface area contributed by atoms with Gasteiger partial charge in [-0.25, -0.2) is 0 Å². The van der Waals surface area contributed by atoms with Crippen molar-refractivity contribution in [2.45, 2.75) is 0 Å². The van der Waals surface area contributed by atoms with Crippen LogP contribution >= 0.6 is 0 Å². The average Bonchev–Trinajstić information content (AvgIpc) is 1.12. The summed E-state index contributed by atoms with van der Waals surface area (Å²) in [6.45, 7) is 0. The van der Waals surface area contributed by atoms with E-state index < -0.39 is 20.8 Å². The van der Waals surface area contributed by atoms with Gasteiger partial charge in [-0.2, -0.15) is 0 Å². The fourth-order valence-corrected chi connectivity index (χ4v) is 0. The fraction of sp³-hybridized carbons (Fsp3) is 0. The molecule has 0 saturated heterocycles. The van der Waals surface area contributed by atoms with Crippen molar-refractivity contribution in [2.75, 3.05) is 0 Å². The maximum absolute atomic E-state index is 8.52. The predicted molar refractivity (Wildman–Crippen MR) is 35.7 cm³/mol. The Hall–Kier alpha value is 0.440. The van der Waals surface area contributed by atoms with Gasteiger partial charge in [0.05, 0.1) is 0 Å². The van der Waals surface area contributed by atoms with Crippen molar-refractivity contribution in [1.29, 1.82) is 0 Å². The summed E-state index contributed by atoms with van der Waals surface area (Å²) in [5.41, 5.74) is 0. The Morgan fingerprint density at radius 1 is 0.583 bits per heavy atom. The maximum Gasteiger partial charge on any atom is 2.00 e. The van der Waals surface area contributed by atoms with Crippen LogP contribution in [0.25, 0.3) is 0 Å². The van der Waals surface area contributed by atoms with Crippen LogP contribution in [0.3, 0.4) is 0 Å². The van der Waals surface area contributed by atoms with E-state index in [-0.39, 0.29) is 27.0 Å². The van der Waals surface area contributed by atoms with Crippen molar-refractivity contribution in [2.24, 2.45) is 0 Å². The van der Waals surface area contributed by atoms with Crippen molar-refractivity contribution in [3.63, 3.8) is 0 Å². The van der Waals surface area contributed by atoms with Gasteiger partial charge in [-0.15, -0.1) is 0 Å². The SMILES string of the molecule is O=S(=O)([O-])[O-].O=S(=O)([O-])[O-].[S+2].[S+2]. The summed E-state index contributed by atoms with van der Waals surface area (Å²) in [5, 5.41) is 0. The van der Waals surface area contributed by atoms with Crippen molar-refractivity contribution in [1.82, 2.24) is 0 Å². The zero-order chi connectivity index (χ0) is 9.00. The normalized spacial score (nSPS) is 9.67. The Morgan fingerprint density at radius 3 is 0.583 bits per heavy atom. The van der Waals surface area contributed by atoms with Crippen LogP contribution in [0.1, 0.15) is 0 Å². The van der Waals surface area contributed by atoms with Gasteiger partial charge in [0, 0.05) is 20.8 Å². The summed E-state index contributed by atoms with van der Waals surface area (Å²) in [6, 6.07) is 0. The first-order valence-electron chi connectivity index (χ1n) is 1.33. The van der Waals surface area contributed by atoms with Crippen molar-refractivity contribution < 1.29 is 35.0 Å². The van der Waals surface area contributed by atoms with Gasteiger partial charge in [0.15, 0.2) is 0 Å². The second kappa shape index (κ2) is 8.06. The molecule has 72 valence electrons. The molecule has 0 heterocycles. The number of rotatable bonds is 0. The van der Waals surface area contributed by atoms with Gasteiger partial charge in [0.25, 0.3) is 0 Å². The monoisotopic (exact) mass is 256 g/mol. The van der Waals surface area contributed by atoms with Crippen molar-refractivity contribution in [3.8, 4) is 0 Å². The van der Waals surface area contributed by atoms with E-state index >= 15 is 0 Å². The first kappa shape index (κ1) is 22.9. The van der Waals surface area contributed by atoms with Crippen LogP contribution in [-0.2, 0) is 47.8 Å². The molecule has 0 atom stereocenters. The van der Waals surface area contributed by atoms with Crippen molar-refractivity contribution >= 4 is 47.8 Å². The van der Waals surface area contributed by atoms with Gasteiger partial charge in [0.1, 0.15) is 0 Å². The highest BCUT2D eigenvalue weighted by Gasteiger charge is 2.00. The Morgan fingerprint density at radius 2 is 0.583 bits per heavy atom. The molecule has 0 aliphatic carbocycles. The highest BCUT2D eigenvalue weighted by atomic mass is 32.3. The lowest BCUT2D eigenvalue weighted by molar-refractivity contribution is 0.350. The first-order chi connectivity index (χ1) is 4.00. The summed E-state index contributed by atoms with van der Waals surface area (Å²) in [5.74, 6) is 0. The van der Waals surface area contributed by atoms with Gasteiger partial charge in [-0.1, -0.05) is 0 Å². The maximum atomic E-state index is 8.52. The molecule has 0 bridgehead atoms. The van der Waals surface area contributed by atoms with Crippen LogP contribution < -0.4 is 0 Å². The van der Waals surface area contributed by atoms with Gasteiger partial charge in [-0.3, -0.25) is 16.8 Å². The van der Waals surface area contributed by atoms with Crippen LogP contribution in [0.5, 0.6) is 0 Å². The number of hydrogen-bond donors (Lipinski definition) is 0. The largest absolute Gasteiger partial charge is 2.00 e. The Kier molecular flexibility index (Phi) is 15.3. The molecule has 0 aromatic rings. The van der Waals surface area contributed by atoms with E-state index in [0.717, 1.165) is 0 Å². The topological polar surface area (TPSA) is 161 Å². The molecule has 0 N–H and O–H groups in total. The van der Waals surface area contributed by atoms with Crippen LogP contribution in [0.4, 0.5) is 0 Å². The number of hydrogen-bond acceptors (Lipinski definition) is 8. The molecule has 8 nitrogen and oxygen atoms in total. The standard InChI is InChI=1S/2H2O4S.2S/c2*1-5(2,3)4;;/h2*(H2,1,2,3,4);;/q;;2*+2/p-4. The lowest BCUT2D eigenvalue weighted by Gasteiger charge is -2.06. The smallest absolute Gasteiger partial charge is 0.759 e. The van der Waals surface area contributed by atoms with Crippen LogP contribution in [0, 0.1) is 0 Å². The van der Waals surface area contributed by atoms with E-state index in [1.807, 2.05) is 0 Å². The second-order valence-corrected chi connectivity index (χ2v) is 2.45. The predicted octanol–water partition coefficient (Wildman–Crippen LogP) is -2.68. The third-order valence-corrected chi connectivity index (χ3v) is 0. The van der Waals surface area contributed by atoms with E-state index in [1.54, 1.807) is 0 Å². The summed E-state index contributed by atoms with van der Waals surface area (Å²) in [6.07, 6.45) is 0. The molecule has 0 aliphatic heterocycles. The molecule has 12 heavy (non-hydrogen) atoms. The van der Waals surface area contributed by atoms with E-state index in [0.29, 0.717) is 0 Å². The minimum absolute atomic E-state index is 0. The zero-order valence-electron chi connectivity index (χ0n) is 4.90. The molecule has 0 fully saturated rings. The fourth-order valence-electron chi connectivity index (χ4n) is 0. The van der Waals surface area contributed by atoms with Gasteiger partial charge < -0.3 is 18.2 Å². The van der Waals surface area contributed by atoms with Gasteiger partial charge in [0.2, 0.25) is 0 Å². The van der Waals surface area contributed by atoms with E-state index in [4.69, 9.17) is 35.0 Å². The molecule has 0 spiro atoms. The summed E-state index contributed by atoms with van der Waals surface area (Å²) in [7, 11) is -10.3. The molecule has 0 unspecified atom stereocenters. The lowest BCUT2D eigenvalue weighted by atomic mass is 15.8. The Labute approximate surface area is 83.0 Å². The first-order valence-corrected chi connectivity index (χ1v) is 4.00. The minimum atomic E-state index is -5.17. The van der Waals surface area contributed by atoms with Crippen LogP contribution in [-0.4, -0.2) is 35.0 Å². The highest BCUT2D eigenvalue weighted by molar-refractivity contribution is 7.79. The summed E-state index contributed by atoms with van der Waals surface area (Å²) < 4.78 is 68.2. The zero-order valence-corrected chi connectivity index (χ0v) is 8.16. The summed E-state index contributed by atoms with van der Waals surface area (Å²) >= 11 is 0. The molecular formula is O8S4. The van der Waals surface area contributed by atoms with Crippen LogP contribution in [0.2, 0.25) is 0 Å². The molecule has 0 rings (SSSR count). The average molecular weight is 256 g/mol. The van der Waals surface area contributed by atoms with Crippen molar-refractivity contribution in [3.05, 3.63) is 0 Å². The van der Waals surface area contributed by atoms with Crippen LogP contribution in [0.15, 0.2) is 0 Å². The van der Waals surface area contributed by atoms with Gasteiger partial charge >= 0.3 is 27.0 Å². The Balaban J connectivity index is -0.0000000457. The molecule has 0 aromatic heterocycles. The molecule has 0 aromatic carbocycles. The van der Waals surface area contributed by atoms with E-state index in [9.17, 15) is 0 Å². The third-order valence-electron chi connectivity index (χ3n) is 0. The third kappa shape index (κ3) is 4810. The highest BCUT2D eigenvalue weighted by Crippen LogP contribution is 1.58. The molecule has 8 radical (unpaired) electrons.